The van der Waals surface area contributed by atoms with Gasteiger partial charge in [0.05, 0.1) is 6.61 Å². The van der Waals surface area contributed by atoms with Gasteiger partial charge in [-0.1, -0.05) is 36.4 Å². The van der Waals surface area contributed by atoms with Gasteiger partial charge >= 0.3 is 0 Å². The number of benzene rings is 2. The van der Waals surface area contributed by atoms with Crippen LogP contribution in [0.5, 0.6) is 0 Å². The minimum Gasteiger partial charge on any atom is -0.396 e. The van der Waals surface area contributed by atoms with Crippen LogP contribution in [0.1, 0.15) is 29.5 Å². The lowest BCUT2D eigenvalue weighted by molar-refractivity contribution is 0.0288. The lowest BCUT2D eigenvalue weighted by Crippen LogP contribution is -2.46. The Kier molecular flexibility index (Phi) is 5.32. The van der Waals surface area contributed by atoms with Crippen molar-refractivity contribution < 1.29 is 9.50 Å². The average molecular weight is 327 g/mol. The molecule has 1 unspecified atom stereocenters. The highest BCUT2D eigenvalue weighted by molar-refractivity contribution is 5.25. The number of likely N-dealkylation sites (tertiary alicyclic amines) is 1. The van der Waals surface area contributed by atoms with Crippen LogP contribution in [0.15, 0.2) is 48.5 Å². The lowest BCUT2D eigenvalue weighted by Gasteiger charge is -2.42. The highest BCUT2D eigenvalue weighted by Gasteiger charge is 2.35. The zero-order valence-corrected chi connectivity index (χ0v) is 14.3. The Morgan fingerprint density at radius 2 is 1.88 bits per heavy atom. The number of aryl methyl sites for hydroxylation is 1. The van der Waals surface area contributed by atoms with Gasteiger partial charge < -0.3 is 5.11 Å². The Morgan fingerprint density at radius 1 is 1.12 bits per heavy atom. The Morgan fingerprint density at radius 3 is 2.58 bits per heavy atom. The summed E-state index contributed by atoms with van der Waals surface area (Å²) in [7, 11) is 0. The highest BCUT2D eigenvalue weighted by Crippen LogP contribution is 2.34. The van der Waals surface area contributed by atoms with Gasteiger partial charge in [-0.15, -0.1) is 0 Å². The number of piperidine rings is 1. The van der Waals surface area contributed by atoms with Crippen molar-refractivity contribution in [1.29, 1.82) is 0 Å². The smallest absolute Gasteiger partial charge is 0.123 e. The molecule has 0 aliphatic carbocycles. The van der Waals surface area contributed by atoms with Gasteiger partial charge in [-0.2, -0.15) is 0 Å². The monoisotopic (exact) mass is 327 g/mol. The zero-order valence-electron chi connectivity index (χ0n) is 14.3. The van der Waals surface area contributed by atoms with Gasteiger partial charge in [0.15, 0.2) is 0 Å². The van der Waals surface area contributed by atoms with Crippen LogP contribution in [-0.4, -0.2) is 29.7 Å². The quantitative estimate of drug-likeness (QED) is 0.899. The van der Waals surface area contributed by atoms with E-state index in [1.54, 1.807) is 0 Å². The predicted octanol–water partition coefficient (Wildman–Crippen LogP) is 3.95. The number of aliphatic hydroxyl groups excluding tert-OH is 1. The Hall–Kier alpha value is -1.71. The van der Waals surface area contributed by atoms with E-state index in [4.69, 9.17) is 0 Å². The largest absolute Gasteiger partial charge is 0.396 e. The van der Waals surface area contributed by atoms with Gasteiger partial charge in [0.1, 0.15) is 5.82 Å². The van der Waals surface area contributed by atoms with Gasteiger partial charge in [0.25, 0.3) is 0 Å². The fourth-order valence-electron chi connectivity index (χ4n) is 3.84. The summed E-state index contributed by atoms with van der Waals surface area (Å²) in [4.78, 5) is 2.45. The first-order chi connectivity index (χ1) is 11.6. The van der Waals surface area contributed by atoms with Crippen molar-refractivity contribution >= 4 is 0 Å². The second-order valence-corrected chi connectivity index (χ2v) is 7.20. The number of halogens is 1. The van der Waals surface area contributed by atoms with Crippen LogP contribution in [0.25, 0.3) is 0 Å². The van der Waals surface area contributed by atoms with E-state index in [0.29, 0.717) is 0 Å². The van der Waals surface area contributed by atoms with Crippen molar-refractivity contribution in [1.82, 2.24) is 4.90 Å². The van der Waals surface area contributed by atoms with E-state index in [-0.39, 0.29) is 17.8 Å². The Labute approximate surface area is 143 Å². The molecule has 1 aliphatic heterocycles. The molecule has 1 saturated heterocycles. The molecule has 3 rings (SSSR count). The third-order valence-electron chi connectivity index (χ3n) is 5.22. The number of aliphatic hydroxyl groups is 1. The lowest BCUT2D eigenvalue weighted by atomic mass is 9.75. The maximum Gasteiger partial charge on any atom is 0.123 e. The van der Waals surface area contributed by atoms with Crippen LogP contribution in [0.4, 0.5) is 4.39 Å². The van der Waals surface area contributed by atoms with E-state index in [1.807, 2.05) is 12.1 Å². The normalized spacial score (nSPS) is 21.8. The van der Waals surface area contributed by atoms with Crippen molar-refractivity contribution in [3.8, 4) is 0 Å². The summed E-state index contributed by atoms with van der Waals surface area (Å²) >= 11 is 0. The van der Waals surface area contributed by atoms with Crippen LogP contribution in [0.3, 0.4) is 0 Å². The van der Waals surface area contributed by atoms with Crippen molar-refractivity contribution in [3.63, 3.8) is 0 Å². The summed E-state index contributed by atoms with van der Waals surface area (Å²) < 4.78 is 13.1. The molecule has 1 heterocycles. The third-order valence-corrected chi connectivity index (χ3v) is 5.22. The maximum absolute atomic E-state index is 13.1. The van der Waals surface area contributed by atoms with Crippen LogP contribution in [0, 0.1) is 18.2 Å². The Balaban J connectivity index is 1.72. The third kappa shape index (κ3) is 4.03. The number of nitrogens with zero attached hydrogens (tertiary/aromatic N) is 1. The maximum atomic E-state index is 13.1. The molecular formula is C21H26FNO. The molecule has 1 N–H and O–H groups in total. The van der Waals surface area contributed by atoms with Crippen molar-refractivity contribution in [2.45, 2.75) is 32.7 Å². The minimum absolute atomic E-state index is 0.126. The van der Waals surface area contributed by atoms with E-state index >= 15 is 0 Å². The van der Waals surface area contributed by atoms with E-state index in [1.165, 1.54) is 23.3 Å². The number of hydrogen-bond acceptors (Lipinski definition) is 2. The summed E-state index contributed by atoms with van der Waals surface area (Å²) in [6, 6.07) is 15.2. The predicted molar refractivity (Wildman–Crippen MR) is 95.3 cm³/mol. The molecule has 2 aromatic rings. The Bertz CT molecular complexity index is 670. The van der Waals surface area contributed by atoms with Crippen molar-refractivity contribution in [3.05, 3.63) is 71.0 Å². The van der Waals surface area contributed by atoms with Crippen LogP contribution in [0.2, 0.25) is 0 Å². The summed E-state index contributed by atoms with van der Waals surface area (Å²) in [5.74, 6) is -0.207. The van der Waals surface area contributed by atoms with Gasteiger partial charge in [-0.25, -0.2) is 4.39 Å². The molecule has 2 aromatic carbocycles. The molecule has 0 spiro atoms. The van der Waals surface area contributed by atoms with Gasteiger partial charge in [-0.05, 0) is 61.6 Å². The molecule has 0 amide bonds. The van der Waals surface area contributed by atoms with E-state index in [2.05, 4.69) is 36.1 Å². The van der Waals surface area contributed by atoms with Crippen LogP contribution in [-0.2, 0) is 13.0 Å². The first kappa shape index (κ1) is 17.1. The number of rotatable bonds is 5. The van der Waals surface area contributed by atoms with Crippen molar-refractivity contribution in [2.75, 3.05) is 19.7 Å². The molecule has 2 nitrogen and oxygen atoms in total. The van der Waals surface area contributed by atoms with E-state index in [0.717, 1.165) is 44.5 Å². The summed E-state index contributed by atoms with van der Waals surface area (Å²) in [6.07, 6.45) is 2.91. The fraction of sp³-hybridized carbons (Fsp3) is 0.429. The molecular weight excluding hydrogens is 301 g/mol. The molecule has 0 radical (unpaired) electrons. The molecule has 1 fully saturated rings. The molecule has 1 aliphatic rings. The molecule has 3 heteroatoms. The van der Waals surface area contributed by atoms with E-state index in [9.17, 15) is 9.50 Å². The topological polar surface area (TPSA) is 23.5 Å². The first-order valence-corrected chi connectivity index (χ1v) is 8.72. The van der Waals surface area contributed by atoms with Crippen LogP contribution >= 0.6 is 0 Å². The average Bonchev–Trinajstić information content (AvgIpc) is 2.59. The van der Waals surface area contributed by atoms with Gasteiger partial charge in [0, 0.05) is 18.5 Å². The second kappa shape index (κ2) is 7.45. The zero-order chi connectivity index (χ0) is 17.0. The van der Waals surface area contributed by atoms with Crippen LogP contribution < -0.4 is 0 Å². The van der Waals surface area contributed by atoms with E-state index < -0.39 is 0 Å². The molecule has 128 valence electrons. The second-order valence-electron chi connectivity index (χ2n) is 7.20. The molecule has 0 saturated carbocycles. The summed E-state index contributed by atoms with van der Waals surface area (Å²) in [6.45, 7) is 5.21. The fourth-order valence-corrected chi connectivity index (χ4v) is 3.84. The molecule has 1 atom stereocenters. The minimum atomic E-state index is -0.207. The highest BCUT2D eigenvalue weighted by atomic mass is 19.1. The summed E-state index contributed by atoms with van der Waals surface area (Å²) in [5.41, 5.74) is 3.64. The van der Waals surface area contributed by atoms with Gasteiger partial charge in [-0.3, -0.25) is 4.90 Å². The standard InChI is InChI=1S/C21H26FNO/c1-17-5-2-3-6-19(17)14-23-12-4-11-21(15-23,16-24)13-18-7-9-20(22)10-8-18/h2-3,5-10,24H,4,11-16H2,1H3. The molecule has 0 aromatic heterocycles. The molecule has 24 heavy (non-hydrogen) atoms. The summed E-state index contributed by atoms with van der Waals surface area (Å²) in [5, 5.41) is 10.1. The first-order valence-electron chi connectivity index (χ1n) is 8.72. The number of hydrogen-bond donors (Lipinski definition) is 1. The van der Waals surface area contributed by atoms with Crippen molar-refractivity contribution in [2.24, 2.45) is 5.41 Å². The van der Waals surface area contributed by atoms with Gasteiger partial charge in [0.2, 0.25) is 0 Å². The molecule has 0 bridgehead atoms. The SMILES string of the molecule is Cc1ccccc1CN1CCCC(CO)(Cc2ccc(F)cc2)C1.